The first-order chi connectivity index (χ1) is 9.41. The van der Waals surface area contributed by atoms with Crippen LogP contribution in [0.3, 0.4) is 0 Å². The van der Waals surface area contributed by atoms with Crippen molar-refractivity contribution in [1.82, 2.24) is 4.98 Å². The molecule has 0 aromatic carbocycles. The molecule has 20 heavy (non-hydrogen) atoms. The van der Waals surface area contributed by atoms with Gasteiger partial charge in [-0.25, -0.2) is 19.2 Å². The quantitative estimate of drug-likeness (QED) is 0.449. The number of nitrogens with one attached hydrogen (secondary N) is 1. The van der Waals surface area contributed by atoms with Gasteiger partial charge in [0, 0.05) is 13.1 Å². The molecular formula is C10H15N5O4S. The second kappa shape index (κ2) is 5.59. The van der Waals surface area contributed by atoms with E-state index in [1.807, 2.05) is 0 Å². The molecule has 110 valence electrons. The number of rotatable bonds is 3. The summed E-state index contributed by atoms with van der Waals surface area (Å²) < 4.78 is 23.1. The van der Waals surface area contributed by atoms with E-state index < -0.39 is 14.8 Å². The molecule has 0 aliphatic carbocycles. The SMILES string of the molecule is NNc1cc([N+](=O)[O-])cc(N2CCCS(=O)(=O)CC2)n1. The molecule has 1 aliphatic rings. The van der Waals surface area contributed by atoms with Gasteiger partial charge in [0.15, 0.2) is 9.84 Å². The molecule has 0 spiro atoms. The van der Waals surface area contributed by atoms with E-state index in [0.717, 1.165) is 0 Å². The van der Waals surface area contributed by atoms with Crippen molar-refractivity contribution in [3.8, 4) is 0 Å². The minimum Gasteiger partial charge on any atom is -0.355 e. The van der Waals surface area contributed by atoms with Crippen LogP contribution < -0.4 is 16.2 Å². The molecule has 1 aromatic rings. The van der Waals surface area contributed by atoms with Gasteiger partial charge in [-0.05, 0) is 6.42 Å². The summed E-state index contributed by atoms with van der Waals surface area (Å²) in [5.74, 6) is 5.90. The summed E-state index contributed by atoms with van der Waals surface area (Å²) >= 11 is 0. The number of nitrogen functional groups attached to an aromatic ring is 1. The lowest BCUT2D eigenvalue weighted by atomic mass is 10.3. The van der Waals surface area contributed by atoms with Gasteiger partial charge >= 0.3 is 0 Å². The molecule has 0 atom stereocenters. The van der Waals surface area contributed by atoms with Crippen LogP contribution in [0.1, 0.15) is 6.42 Å². The zero-order chi connectivity index (χ0) is 14.8. The fraction of sp³-hybridized carbons (Fsp3) is 0.500. The standard InChI is InChI=1S/C10H15N5O4S/c11-13-9-6-8(15(16)17)7-10(12-9)14-2-1-4-20(18,19)5-3-14/h6-7H,1-5,11H2,(H,12,13). The third kappa shape index (κ3) is 3.33. The second-order valence-corrected chi connectivity index (χ2v) is 6.77. The van der Waals surface area contributed by atoms with E-state index in [9.17, 15) is 18.5 Å². The summed E-state index contributed by atoms with van der Waals surface area (Å²) in [6.07, 6.45) is 0.470. The Hall–Kier alpha value is -1.94. The first kappa shape index (κ1) is 14.5. The molecule has 1 fully saturated rings. The van der Waals surface area contributed by atoms with Crippen LogP contribution in [0.5, 0.6) is 0 Å². The Balaban J connectivity index is 2.31. The molecule has 0 bridgehead atoms. The molecule has 9 nitrogen and oxygen atoms in total. The van der Waals surface area contributed by atoms with Gasteiger partial charge in [0.25, 0.3) is 5.69 Å². The number of hydrogen-bond donors (Lipinski definition) is 2. The van der Waals surface area contributed by atoms with Crippen LogP contribution in [-0.4, -0.2) is 42.9 Å². The van der Waals surface area contributed by atoms with Gasteiger partial charge < -0.3 is 10.3 Å². The fourth-order valence-electron chi connectivity index (χ4n) is 2.01. The highest BCUT2D eigenvalue weighted by Gasteiger charge is 2.22. The lowest BCUT2D eigenvalue weighted by molar-refractivity contribution is -0.384. The minimum absolute atomic E-state index is 0.0166. The fourth-order valence-corrected chi connectivity index (χ4v) is 3.28. The van der Waals surface area contributed by atoms with Gasteiger partial charge in [-0.1, -0.05) is 0 Å². The molecule has 2 rings (SSSR count). The Kier molecular flexibility index (Phi) is 4.04. The van der Waals surface area contributed by atoms with Crippen molar-refractivity contribution >= 4 is 27.2 Å². The zero-order valence-electron chi connectivity index (χ0n) is 10.7. The van der Waals surface area contributed by atoms with Crippen molar-refractivity contribution in [2.24, 2.45) is 5.84 Å². The lowest BCUT2D eigenvalue weighted by Gasteiger charge is -2.21. The van der Waals surface area contributed by atoms with Gasteiger partial charge in [-0.3, -0.25) is 10.1 Å². The highest BCUT2D eigenvalue weighted by Crippen LogP contribution is 2.24. The zero-order valence-corrected chi connectivity index (χ0v) is 11.5. The average molecular weight is 301 g/mol. The molecule has 2 heterocycles. The van der Waals surface area contributed by atoms with E-state index in [-0.39, 0.29) is 29.6 Å². The maximum Gasteiger partial charge on any atom is 0.276 e. The van der Waals surface area contributed by atoms with Gasteiger partial charge in [0.2, 0.25) is 0 Å². The lowest BCUT2D eigenvalue weighted by Crippen LogP contribution is -2.28. The summed E-state index contributed by atoms with van der Waals surface area (Å²) in [6, 6.07) is 2.54. The number of nitrogens with zero attached hydrogens (tertiary/aromatic N) is 3. The van der Waals surface area contributed by atoms with Crippen LogP contribution >= 0.6 is 0 Å². The summed E-state index contributed by atoms with van der Waals surface area (Å²) in [7, 11) is -3.05. The molecule has 0 saturated carbocycles. The highest BCUT2D eigenvalue weighted by molar-refractivity contribution is 7.91. The Labute approximate surface area is 115 Å². The number of anilines is 2. The number of hydrogen-bond acceptors (Lipinski definition) is 8. The predicted octanol–water partition coefficient (Wildman–Crippen LogP) is -0.0997. The third-order valence-electron chi connectivity index (χ3n) is 3.03. The third-order valence-corrected chi connectivity index (χ3v) is 4.75. The van der Waals surface area contributed by atoms with E-state index in [1.54, 1.807) is 4.90 Å². The topological polar surface area (TPSA) is 131 Å². The van der Waals surface area contributed by atoms with Crippen LogP contribution in [0.4, 0.5) is 17.3 Å². The van der Waals surface area contributed by atoms with Crippen molar-refractivity contribution in [2.75, 3.05) is 34.9 Å². The Morgan fingerprint density at radius 1 is 1.35 bits per heavy atom. The van der Waals surface area contributed by atoms with Crippen molar-refractivity contribution in [3.05, 3.63) is 22.2 Å². The molecular weight excluding hydrogens is 286 g/mol. The monoisotopic (exact) mass is 301 g/mol. The van der Waals surface area contributed by atoms with Gasteiger partial charge in [-0.2, -0.15) is 0 Å². The van der Waals surface area contributed by atoms with Crippen molar-refractivity contribution in [2.45, 2.75) is 6.42 Å². The van der Waals surface area contributed by atoms with Crippen molar-refractivity contribution in [3.63, 3.8) is 0 Å². The Morgan fingerprint density at radius 2 is 2.10 bits per heavy atom. The van der Waals surface area contributed by atoms with Crippen LogP contribution in [0.25, 0.3) is 0 Å². The largest absolute Gasteiger partial charge is 0.355 e. The van der Waals surface area contributed by atoms with Crippen LogP contribution in [0.15, 0.2) is 12.1 Å². The van der Waals surface area contributed by atoms with Crippen molar-refractivity contribution in [1.29, 1.82) is 0 Å². The molecule has 0 amide bonds. The first-order valence-electron chi connectivity index (χ1n) is 6.00. The van der Waals surface area contributed by atoms with Gasteiger partial charge in [0.05, 0.1) is 28.6 Å². The van der Waals surface area contributed by atoms with E-state index in [0.29, 0.717) is 18.8 Å². The summed E-state index contributed by atoms with van der Waals surface area (Å²) in [5, 5.41) is 10.9. The molecule has 0 unspecified atom stereocenters. The van der Waals surface area contributed by atoms with Gasteiger partial charge in [0.1, 0.15) is 11.6 Å². The molecule has 10 heteroatoms. The number of aromatic nitrogens is 1. The highest BCUT2D eigenvalue weighted by atomic mass is 32.2. The maximum absolute atomic E-state index is 11.6. The average Bonchev–Trinajstić information content (AvgIpc) is 2.59. The summed E-state index contributed by atoms with van der Waals surface area (Å²) in [5.41, 5.74) is 2.13. The van der Waals surface area contributed by atoms with Crippen LogP contribution in [0, 0.1) is 10.1 Å². The van der Waals surface area contributed by atoms with Gasteiger partial charge in [-0.15, -0.1) is 0 Å². The smallest absolute Gasteiger partial charge is 0.276 e. The normalized spacial score (nSPS) is 18.4. The van der Waals surface area contributed by atoms with E-state index in [4.69, 9.17) is 5.84 Å². The van der Waals surface area contributed by atoms with E-state index >= 15 is 0 Å². The Morgan fingerprint density at radius 3 is 2.75 bits per heavy atom. The maximum atomic E-state index is 11.6. The number of pyridine rings is 1. The molecule has 1 saturated heterocycles. The number of hydrazine groups is 1. The van der Waals surface area contributed by atoms with Crippen molar-refractivity contribution < 1.29 is 13.3 Å². The molecule has 1 aliphatic heterocycles. The summed E-state index contributed by atoms with van der Waals surface area (Å²) in [6.45, 7) is 0.748. The first-order valence-corrected chi connectivity index (χ1v) is 7.82. The van der Waals surface area contributed by atoms with Crippen LogP contribution in [0.2, 0.25) is 0 Å². The van der Waals surface area contributed by atoms with Crippen LogP contribution in [-0.2, 0) is 9.84 Å². The van der Waals surface area contributed by atoms with E-state index in [1.165, 1.54) is 12.1 Å². The predicted molar refractivity (Wildman–Crippen MR) is 74.2 cm³/mol. The van der Waals surface area contributed by atoms with E-state index in [2.05, 4.69) is 10.4 Å². The number of sulfone groups is 1. The molecule has 1 aromatic heterocycles. The Bertz CT molecular complexity index is 618. The minimum atomic E-state index is -3.05. The second-order valence-electron chi connectivity index (χ2n) is 4.46. The molecule has 0 radical (unpaired) electrons. The summed E-state index contributed by atoms with van der Waals surface area (Å²) in [4.78, 5) is 16.2. The number of nitro groups is 1. The number of nitrogens with two attached hydrogens (primary N) is 1. The molecule has 3 N–H and O–H groups in total.